The summed E-state index contributed by atoms with van der Waals surface area (Å²) in [6, 6.07) is 2.90. The molecule has 0 unspecified atom stereocenters. The molecule has 0 bridgehead atoms. The van der Waals surface area contributed by atoms with E-state index in [-0.39, 0.29) is 11.8 Å². The number of nitrogens with zero attached hydrogens (tertiary/aromatic N) is 3. The number of carbonyl (C=O) groups is 3. The number of likely N-dealkylation sites (N-methyl/N-ethyl adjacent to an activating group) is 1. The third kappa shape index (κ3) is 5.58. The minimum Gasteiger partial charge on any atom is -0.368 e. The number of carbonyl (C=O) groups excluding carboxylic acids is 3. The van der Waals surface area contributed by atoms with Crippen LogP contribution in [0.1, 0.15) is 20.3 Å². The summed E-state index contributed by atoms with van der Waals surface area (Å²) >= 11 is 0. The van der Waals surface area contributed by atoms with Gasteiger partial charge in [0.05, 0.1) is 11.4 Å². The molecule has 4 amide bonds. The summed E-state index contributed by atoms with van der Waals surface area (Å²) < 4.78 is 13.8. The Morgan fingerprint density at radius 1 is 1.14 bits per heavy atom. The van der Waals surface area contributed by atoms with Crippen molar-refractivity contribution in [2.24, 2.45) is 0 Å². The van der Waals surface area contributed by atoms with E-state index in [0.717, 1.165) is 6.42 Å². The van der Waals surface area contributed by atoms with Gasteiger partial charge in [-0.3, -0.25) is 9.59 Å². The largest absolute Gasteiger partial charge is 0.368 e. The fourth-order valence-electron chi connectivity index (χ4n) is 3.16. The standard InChI is InChI=1S/C19H28FN5O3/c1-13(18(27)23(3)4)21-19(28)22-16-12-15(20)6-7-17(16)25-9-5-8-24(10-11-25)14(2)26/h6-7,12-13H,5,8-11H2,1-4H3,(H2,21,22,28)/t13-/m0/s1. The molecule has 1 saturated heterocycles. The molecule has 0 saturated carbocycles. The average molecular weight is 393 g/mol. The molecule has 2 N–H and O–H groups in total. The van der Waals surface area contributed by atoms with Crippen molar-refractivity contribution in [3.05, 3.63) is 24.0 Å². The first-order valence-corrected chi connectivity index (χ1v) is 9.27. The Morgan fingerprint density at radius 3 is 2.50 bits per heavy atom. The lowest BCUT2D eigenvalue weighted by Gasteiger charge is -2.26. The van der Waals surface area contributed by atoms with Gasteiger partial charge in [-0.1, -0.05) is 0 Å². The number of amides is 4. The molecule has 1 aromatic rings. The molecule has 1 aliphatic rings. The second-order valence-electron chi connectivity index (χ2n) is 7.06. The molecule has 28 heavy (non-hydrogen) atoms. The first-order valence-electron chi connectivity index (χ1n) is 9.27. The fourth-order valence-corrected chi connectivity index (χ4v) is 3.16. The summed E-state index contributed by atoms with van der Waals surface area (Å²) in [7, 11) is 3.21. The topological polar surface area (TPSA) is 85.0 Å². The van der Waals surface area contributed by atoms with Crippen LogP contribution in [0.25, 0.3) is 0 Å². The summed E-state index contributed by atoms with van der Waals surface area (Å²) in [5, 5.41) is 5.20. The minimum absolute atomic E-state index is 0.0261. The highest BCUT2D eigenvalue weighted by molar-refractivity contribution is 5.96. The predicted octanol–water partition coefficient (Wildman–Crippen LogP) is 1.48. The zero-order valence-corrected chi connectivity index (χ0v) is 16.8. The number of nitrogens with one attached hydrogen (secondary N) is 2. The molecular weight excluding hydrogens is 365 g/mol. The average Bonchev–Trinajstić information content (AvgIpc) is 2.87. The van der Waals surface area contributed by atoms with Crippen LogP contribution in [0.15, 0.2) is 18.2 Å². The lowest BCUT2D eigenvalue weighted by atomic mass is 10.2. The first kappa shape index (κ1) is 21.5. The lowest BCUT2D eigenvalue weighted by molar-refractivity contribution is -0.130. The summed E-state index contributed by atoms with van der Waals surface area (Å²) in [5.74, 6) is -0.693. The third-order valence-corrected chi connectivity index (χ3v) is 4.65. The van der Waals surface area contributed by atoms with Crippen molar-refractivity contribution in [3.63, 3.8) is 0 Å². The SMILES string of the molecule is CC(=O)N1CCCN(c2ccc(F)cc2NC(=O)N[C@@H](C)C(=O)N(C)C)CC1. The highest BCUT2D eigenvalue weighted by Crippen LogP contribution is 2.28. The van der Waals surface area contributed by atoms with Crippen molar-refractivity contribution < 1.29 is 18.8 Å². The van der Waals surface area contributed by atoms with Gasteiger partial charge in [0.1, 0.15) is 11.9 Å². The Morgan fingerprint density at radius 2 is 1.86 bits per heavy atom. The normalized spacial score (nSPS) is 15.5. The van der Waals surface area contributed by atoms with E-state index in [1.807, 2.05) is 4.90 Å². The van der Waals surface area contributed by atoms with E-state index in [2.05, 4.69) is 10.6 Å². The summed E-state index contributed by atoms with van der Waals surface area (Å²) in [5.41, 5.74) is 0.992. The van der Waals surface area contributed by atoms with Crippen molar-refractivity contribution in [2.75, 3.05) is 50.5 Å². The second kappa shape index (κ2) is 9.38. The van der Waals surface area contributed by atoms with Gasteiger partial charge in [0.15, 0.2) is 0 Å². The van der Waals surface area contributed by atoms with Crippen LogP contribution in [0, 0.1) is 5.82 Å². The highest BCUT2D eigenvalue weighted by Gasteiger charge is 2.21. The number of anilines is 2. The quantitative estimate of drug-likeness (QED) is 0.812. The smallest absolute Gasteiger partial charge is 0.319 e. The van der Waals surface area contributed by atoms with Gasteiger partial charge in [0.25, 0.3) is 0 Å². The van der Waals surface area contributed by atoms with Crippen LogP contribution in [-0.2, 0) is 9.59 Å². The van der Waals surface area contributed by atoms with Crippen molar-refractivity contribution >= 4 is 29.2 Å². The Labute approximate surface area is 164 Å². The summed E-state index contributed by atoms with van der Waals surface area (Å²) in [4.78, 5) is 41.0. The molecule has 0 aromatic heterocycles. The van der Waals surface area contributed by atoms with Crippen LogP contribution in [0.5, 0.6) is 0 Å². The molecule has 1 heterocycles. The molecule has 0 aliphatic carbocycles. The van der Waals surface area contributed by atoms with Gasteiger partial charge >= 0.3 is 6.03 Å². The molecule has 1 atom stereocenters. The van der Waals surface area contributed by atoms with Gasteiger partial charge < -0.3 is 25.3 Å². The van der Waals surface area contributed by atoms with Crippen molar-refractivity contribution in [1.29, 1.82) is 0 Å². The van der Waals surface area contributed by atoms with E-state index in [4.69, 9.17) is 0 Å². The Balaban J connectivity index is 2.12. The molecule has 2 rings (SSSR count). The maximum absolute atomic E-state index is 13.8. The van der Waals surface area contributed by atoms with Crippen LogP contribution in [0.2, 0.25) is 0 Å². The third-order valence-electron chi connectivity index (χ3n) is 4.65. The van der Waals surface area contributed by atoms with Crippen LogP contribution >= 0.6 is 0 Å². The number of rotatable bonds is 4. The maximum Gasteiger partial charge on any atom is 0.319 e. The monoisotopic (exact) mass is 393 g/mol. The molecular formula is C19H28FN5O3. The number of halogens is 1. The van der Waals surface area contributed by atoms with Crippen molar-refractivity contribution in [2.45, 2.75) is 26.3 Å². The second-order valence-corrected chi connectivity index (χ2v) is 7.06. The minimum atomic E-state index is -0.714. The lowest BCUT2D eigenvalue weighted by Crippen LogP contribution is -2.46. The van der Waals surface area contributed by atoms with Crippen LogP contribution < -0.4 is 15.5 Å². The number of hydrogen-bond donors (Lipinski definition) is 2. The molecule has 1 aliphatic heterocycles. The van der Waals surface area contributed by atoms with Gasteiger partial charge in [-0.05, 0) is 31.5 Å². The molecule has 8 nitrogen and oxygen atoms in total. The van der Waals surface area contributed by atoms with E-state index in [9.17, 15) is 18.8 Å². The maximum atomic E-state index is 13.8. The van der Waals surface area contributed by atoms with Crippen LogP contribution in [-0.4, -0.2) is 74.0 Å². The van der Waals surface area contributed by atoms with E-state index < -0.39 is 17.9 Å². The van der Waals surface area contributed by atoms with E-state index in [1.54, 1.807) is 38.9 Å². The summed E-state index contributed by atoms with van der Waals surface area (Å²) in [6.45, 7) is 5.62. The predicted molar refractivity (Wildman–Crippen MR) is 106 cm³/mol. The molecule has 1 fully saturated rings. The Kier molecular flexibility index (Phi) is 7.19. The van der Waals surface area contributed by atoms with Gasteiger partial charge in [-0.2, -0.15) is 0 Å². The van der Waals surface area contributed by atoms with Crippen LogP contribution in [0.4, 0.5) is 20.6 Å². The number of hydrogen-bond acceptors (Lipinski definition) is 4. The summed E-state index contributed by atoms with van der Waals surface area (Å²) in [6.07, 6.45) is 0.775. The highest BCUT2D eigenvalue weighted by atomic mass is 19.1. The fraction of sp³-hybridized carbons (Fsp3) is 0.526. The van der Waals surface area contributed by atoms with Crippen LogP contribution in [0.3, 0.4) is 0 Å². The molecule has 0 radical (unpaired) electrons. The Bertz CT molecular complexity index is 740. The number of benzene rings is 1. The van der Waals surface area contributed by atoms with Gasteiger partial charge in [-0.15, -0.1) is 0 Å². The first-order chi connectivity index (χ1) is 13.2. The van der Waals surface area contributed by atoms with E-state index >= 15 is 0 Å². The van der Waals surface area contributed by atoms with Gasteiger partial charge in [-0.25, -0.2) is 9.18 Å². The molecule has 0 spiro atoms. The van der Waals surface area contributed by atoms with Crippen molar-refractivity contribution in [1.82, 2.24) is 15.1 Å². The zero-order chi connectivity index (χ0) is 20.8. The van der Waals surface area contributed by atoms with E-state index in [0.29, 0.717) is 37.6 Å². The van der Waals surface area contributed by atoms with Gasteiger partial charge in [0, 0.05) is 47.2 Å². The molecule has 9 heteroatoms. The Hall–Kier alpha value is -2.84. The molecule has 1 aromatic carbocycles. The van der Waals surface area contributed by atoms with Gasteiger partial charge in [0.2, 0.25) is 11.8 Å². The molecule has 154 valence electrons. The van der Waals surface area contributed by atoms with Crippen molar-refractivity contribution in [3.8, 4) is 0 Å². The van der Waals surface area contributed by atoms with E-state index in [1.165, 1.54) is 17.0 Å². The number of urea groups is 1. The zero-order valence-electron chi connectivity index (χ0n) is 16.8.